The van der Waals surface area contributed by atoms with Crippen LogP contribution in [0.1, 0.15) is 108 Å². The Labute approximate surface area is 207 Å². The monoisotopic (exact) mass is 464 g/mol. The molecule has 3 rings (SSSR count). The third-order valence-electron chi connectivity index (χ3n) is 7.64. The van der Waals surface area contributed by atoms with Gasteiger partial charge in [0.15, 0.2) is 0 Å². The van der Waals surface area contributed by atoms with Gasteiger partial charge in [0.25, 0.3) is 0 Å². The molecule has 1 aromatic carbocycles. The zero-order chi connectivity index (χ0) is 24.6. The van der Waals surface area contributed by atoms with Crippen molar-refractivity contribution in [2.45, 2.75) is 115 Å². The molecule has 186 valence electrons. The van der Waals surface area contributed by atoms with Crippen LogP contribution in [-0.2, 0) is 0 Å². The Morgan fingerprint density at radius 3 is 2.44 bits per heavy atom. The maximum atomic E-state index is 10.8. The van der Waals surface area contributed by atoms with Gasteiger partial charge < -0.3 is 15.3 Å². The highest BCUT2D eigenvalue weighted by Crippen LogP contribution is 2.41. The topological polar surface area (TPSA) is 60.7 Å². The van der Waals surface area contributed by atoms with Gasteiger partial charge in [0.05, 0.1) is 17.8 Å². The molecule has 0 bridgehead atoms. The Kier molecular flexibility index (Phi) is 10.0. The molecule has 0 aromatic heterocycles. The first kappa shape index (κ1) is 26.7. The summed E-state index contributed by atoms with van der Waals surface area (Å²) in [6.07, 6.45) is 12.9. The molecule has 0 amide bonds. The van der Waals surface area contributed by atoms with Gasteiger partial charge in [-0.2, -0.15) is 0 Å². The van der Waals surface area contributed by atoms with Crippen molar-refractivity contribution in [2.24, 2.45) is 5.92 Å². The van der Waals surface area contributed by atoms with E-state index in [1.807, 2.05) is 0 Å². The zero-order valence-electron chi connectivity index (χ0n) is 21.4. The van der Waals surface area contributed by atoms with Gasteiger partial charge in [-0.05, 0) is 80.9 Å². The van der Waals surface area contributed by atoms with E-state index in [0.29, 0.717) is 37.5 Å². The van der Waals surface area contributed by atoms with Gasteiger partial charge in [-0.15, -0.1) is 0 Å². The van der Waals surface area contributed by atoms with E-state index in [2.05, 4.69) is 69.0 Å². The van der Waals surface area contributed by atoms with Crippen LogP contribution in [0, 0.1) is 17.8 Å². The van der Waals surface area contributed by atoms with Crippen LogP contribution < -0.4 is 0 Å². The van der Waals surface area contributed by atoms with Crippen molar-refractivity contribution in [1.82, 2.24) is 0 Å². The van der Waals surface area contributed by atoms with Gasteiger partial charge >= 0.3 is 0 Å². The lowest BCUT2D eigenvalue weighted by atomic mass is 9.73. The lowest BCUT2D eigenvalue weighted by Crippen LogP contribution is -2.27. The van der Waals surface area contributed by atoms with E-state index in [1.54, 1.807) is 0 Å². The van der Waals surface area contributed by atoms with Gasteiger partial charge in [-0.3, -0.25) is 0 Å². The van der Waals surface area contributed by atoms with Crippen molar-refractivity contribution < 1.29 is 15.3 Å². The minimum atomic E-state index is -0.662. The van der Waals surface area contributed by atoms with Gasteiger partial charge in [-0.25, -0.2) is 0 Å². The van der Waals surface area contributed by atoms with Crippen molar-refractivity contribution in [1.29, 1.82) is 0 Å². The van der Waals surface area contributed by atoms with Gasteiger partial charge in [-0.1, -0.05) is 80.9 Å². The normalized spacial score (nSPS) is 26.8. The highest BCUT2D eigenvalue weighted by Gasteiger charge is 2.27. The number of benzene rings is 1. The number of allylic oxidation sites excluding steroid dienone is 3. The highest BCUT2D eigenvalue weighted by atomic mass is 16.3. The van der Waals surface area contributed by atoms with Crippen molar-refractivity contribution in [3.8, 4) is 11.8 Å². The summed E-state index contributed by atoms with van der Waals surface area (Å²) in [6.45, 7) is 6.56. The first-order chi connectivity index (χ1) is 16.3. The lowest BCUT2D eigenvalue weighted by molar-refractivity contribution is 0.0263. The predicted molar refractivity (Wildman–Crippen MR) is 140 cm³/mol. The molecule has 1 aromatic rings. The minimum Gasteiger partial charge on any atom is -0.393 e. The van der Waals surface area contributed by atoms with Gasteiger partial charge in [0, 0.05) is 12.0 Å². The third-order valence-corrected chi connectivity index (χ3v) is 7.64. The number of hydrogen-bond donors (Lipinski definition) is 3. The third kappa shape index (κ3) is 7.57. The molecular formula is C31H44O3. The summed E-state index contributed by atoms with van der Waals surface area (Å²) in [5, 5.41) is 30.8. The molecule has 0 aliphatic heterocycles. The van der Waals surface area contributed by atoms with Crippen LogP contribution in [0.4, 0.5) is 0 Å². The van der Waals surface area contributed by atoms with Crippen molar-refractivity contribution in [2.75, 3.05) is 0 Å². The first-order valence-electron chi connectivity index (χ1n) is 13.4. The van der Waals surface area contributed by atoms with Gasteiger partial charge in [0.1, 0.15) is 0 Å². The quantitative estimate of drug-likeness (QED) is 0.408. The van der Waals surface area contributed by atoms with Crippen LogP contribution in [0.15, 0.2) is 47.6 Å². The SMILES string of the molecule is CCCC(O)(CC#Cc1cccc([C@H]2CCC/C(=C\C=C3C[C@@H](O)C[C@H](O)C3)[C@@H]2C)c1)CCC. The summed E-state index contributed by atoms with van der Waals surface area (Å²) in [5.41, 5.74) is 4.32. The fourth-order valence-corrected chi connectivity index (χ4v) is 5.87. The maximum Gasteiger partial charge on any atom is 0.0756 e. The van der Waals surface area contributed by atoms with E-state index in [4.69, 9.17) is 0 Å². The molecule has 2 saturated carbocycles. The van der Waals surface area contributed by atoms with E-state index >= 15 is 0 Å². The van der Waals surface area contributed by atoms with Crippen LogP contribution in [0.25, 0.3) is 0 Å². The first-order valence-corrected chi connectivity index (χ1v) is 13.4. The molecular weight excluding hydrogens is 420 g/mol. The molecule has 3 N–H and O–H groups in total. The molecule has 3 heteroatoms. The number of hydrogen-bond acceptors (Lipinski definition) is 3. The molecule has 3 nitrogen and oxygen atoms in total. The van der Waals surface area contributed by atoms with Crippen LogP contribution in [0.5, 0.6) is 0 Å². The predicted octanol–water partition coefficient (Wildman–Crippen LogP) is 6.42. The smallest absolute Gasteiger partial charge is 0.0756 e. The van der Waals surface area contributed by atoms with Crippen LogP contribution >= 0.6 is 0 Å². The Morgan fingerprint density at radius 2 is 1.76 bits per heavy atom. The summed E-state index contributed by atoms with van der Waals surface area (Å²) in [6, 6.07) is 8.65. The zero-order valence-corrected chi connectivity index (χ0v) is 21.4. The maximum absolute atomic E-state index is 10.8. The molecule has 0 spiro atoms. The summed E-state index contributed by atoms with van der Waals surface area (Å²) in [7, 11) is 0. The average molecular weight is 465 g/mol. The van der Waals surface area contributed by atoms with Gasteiger partial charge in [0.2, 0.25) is 0 Å². The highest BCUT2D eigenvalue weighted by molar-refractivity contribution is 5.40. The molecule has 2 aliphatic carbocycles. The van der Waals surface area contributed by atoms with E-state index in [1.165, 1.54) is 24.0 Å². The lowest BCUT2D eigenvalue weighted by Gasteiger charge is -2.32. The number of rotatable bonds is 7. The molecule has 34 heavy (non-hydrogen) atoms. The van der Waals surface area contributed by atoms with E-state index < -0.39 is 17.8 Å². The van der Waals surface area contributed by atoms with Crippen LogP contribution in [0.3, 0.4) is 0 Å². The van der Waals surface area contributed by atoms with Crippen molar-refractivity contribution in [3.63, 3.8) is 0 Å². The van der Waals surface area contributed by atoms with Crippen LogP contribution in [-0.4, -0.2) is 33.1 Å². The minimum absolute atomic E-state index is 0.422. The van der Waals surface area contributed by atoms with E-state index in [9.17, 15) is 15.3 Å². The number of aliphatic hydroxyl groups is 3. The molecule has 0 radical (unpaired) electrons. The Hall–Kier alpha value is -1.86. The Morgan fingerprint density at radius 1 is 1.06 bits per heavy atom. The molecule has 0 heterocycles. The second kappa shape index (κ2) is 12.7. The molecule has 4 atom stereocenters. The Bertz CT molecular complexity index is 898. The van der Waals surface area contributed by atoms with E-state index in [0.717, 1.165) is 43.2 Å². The number of aliphatic hydroxyl groups excluding tert-OH is 2. The molecule has 0 saturated heterocycles. The van der Waals surface area contributed by atoms with E-state index in [-0.39, 0.29) is 0 Å². The summed E-state index contributed by atoms with van der Waals surface area (Å²) in [4.78, 5) is 0. The summed E-state index contributed by atoms with van der Waals surface area (Å²) >= 11 is 0. The van der Waals surface area contributed by atoms with Crippen molar-refractivity contribution >= 4 is 0 Å². The summed E-state index contributed by atoms with van der Waals surface area (Å²) in [5.74, 6) is 7.51. The second-order valence-corrected chi connectivity index (χ2v) is 10.6. The standard InChI is InChI=1S/C31H44O3/c1-4-16-31(34,17-5-2)18-8-10-24-9-6-12-27(19-24)30-13-7-11-26(23(30)3)15-14-25-20-28(32)22-29(33)21-25/h6,9,12,14-15,19,23,28-30,32-34H,4-5,7,11,13,16-18,20-22H2,1-3H3/b26-15+/t23-,28+,29+,30-/m0/s1. The average Bonchev–Trinajstić information content (AvgIpc) is 2.78. The molecule has 2 aliphatic rings. The fourth-order valence-electron chi connectivity index (χ4n) is 5.87. The fraction of sp³-hybridized carbons (Fsp3) is 0.613. The summed E-state index contributed by atoms with van der Waals surface area (Å²) < 4.78 is 0. The second-order valence-electron chi connectivity index (χ2n) is 10.6. The van der Waals surface area contributed by atoms with Crippen LogP contribution in [0.2, 0.25) is 0 Å². The Balaban J connectivity index is 1.71. The molecule has 2 fully saturated rings. The largest absolute Gasteiger partial charge is 0.393 e. The van der Waals surface area contributed by atoms with Crippen molar-refractivity contribution in [3.05, 3.63) is 58.7 Å². The molecule has 0 unspecified atom stereocenters.